The lowest BCUT2D eigenvalue weighted by Crippen LogP contribution is -2.29. The maximum Gasteiger partial charge on any atom is 0.307 e. The van der Waals surface area contributed by atoms with Crippen LogP contribution >= 0.6 is 22.7 Å². The van der Waals surface area contributed by atoms with Gasteiger partial charge in [0, 0.05) is 4.88 Å². The number of aromatic nitrogens is 1. The van der Waals surface area contributed by atoms with Crippen LogP contribution in [0, 0.1) is 6.92 Å². The Kier molecular flexibility index (Phi) is 4.86. The van der Waals surface area contributed by atoms with Gasteiger partial charge in [0.1, 0.15) is 4.88 Å². The molecule has 1 N–H and O–H groups in total. The molecule has 1 amide bonds. The molecule has 0 aromatic carbocycles. The lowest BCUT2D eigenvalue weighted by Gasteiger charge is -2.16. The van der Waals surface area contributed by atoms with Gasteiger partial charge in [0.25, 0.3) is 5.91 Å². The third-order valence-electron chi connectivity index (χ3n) is 2.74. The first-order valence-corrected chi connectivity index (χ1v) is 7.69. The van der Waals surface area contributed by atoms with Crippen LogP contribution in [0.5, 0.6) is 0 Å². The third kappa shape index (κ3) is 3.43. The molecule has 1 unspecified atom stereocenters. The number of thiazole rings is 1. The summed E-state index contributed by atoms with van der Waals surface area (Å²) in [7, 11) is 1.34. The number of nitrogens with zero attached hydrogens (tertiary/aromatic N) is 1. The average molecular weight is 310 g/mol. The molecule has 0 aliphatic rings. The van der Waals surface area contributed by atoms with Crippen molar-refractivity contribution >= 4 is 34.6 Å². The van der Waals surface area contributed by atoms with Crippen LogP contribution < -0.4 is 5.32 Å². The van der Waals surface area contributed by atoms with E-state index >= 15 is 0 Å². The number of rotatable bonds is 5. The van der Waals surface area contributed by atoms with E-state index in [1.807, 2.05) is 17.5 Å². The Balaban J connectivity index is 2.14. The van der Waals surface area contributed by atoms with Crippen molar-refractivity contribution in [2.75, 3.05) is 7.11 Å². The second-order valence-electron chi connectivity index (χ2n) is 4.09. The fourth-order valence-electron chi connectivity index (χ4n) is 1.71. The Morgan fingerprint density at radius 3 is 2.80 bits per heavy atom. The van der Waals surface area contributed by atoms with Crippen LogP contribution in [0.25, 0.3) is 0 Å². The van der Waals surface area contributed by atoms with Crippen LogP contribution in [0.3, 0.4) is 0 Å². The number of esters is 1. The molecular formula is C13H14N2O3S2. The minimum absolute atomic E-state index is 0.112. The quantitative estimate of drug-likeness (QED) is 0.862. The number of methoxy groups -OCH3 is 1. The number of carbonyl (C=O) groups is 2. The van der Waals surface area contributed by atoms with Gasteiger partial charge in [-0.25, -0.2) is 4.98 Å². The first kappa shape index (κ1) is 14.7. The zero-order chi connectivity index (χ0) is 14.5. The van der Waals surface area contributed by atoms with E-state index < -0.39 is 0 Å². The number of carbonyl (C=O) groups excluding carboxylic acids is 2. The SMILES string of the molecule is COC(=O)CC(NC(=O)c1scnc1C)c1cccs1. The molecule has 0 fully saturated rings. The maximum absolute atomic E-state index is 12.2. The number of hydrogen-bond acceptors (Lipinski definition) is 6. The molecule has 5 nitrogen and oxygen atoms in total. The lowest BCUT2D eigenvalue weighted by atomic mass is 10.1. The standard InChI is InChI=1S/C13H14N2O3S2/c1-8-12(20-7-14-8)13(17)15-9(6-11(16)18-2)10-4-3-5-19-10/h3-5,7,9H,6H2,1-2H3,(H,15,17). The summed E-state index contributed by atoms with van der Waals surface area (Å²) in [5, 5.41) is 4.78. The minimum atomic E-state index is -0.378. The number of aryl methyl sites for hydroxylation is 1. The van der Waals surface area contributed by atoms with Crippen LogP contribution in [0.4, 0.5) is 0 Å². The van der Waals surface area contributed by atoms with Gasteiger partial charge in [-0.3, -0.25) is 9.59 Å². The molecule has 7 heteroatoms. The Hall–Kier alpha value is -1.73. The minimum Gasteiger partial charge on any atom is -0.469 e. The van der Waals surface area contributed by atoms with Crippen molar-refractivity contribution in [2.24, 2.45) is 0 Å². The van der Waals surface area contributed by atoms with Gasteiger partial charge in [-0.1, -0.05) is 6.07 Å². The van der Waals surface area contributed by atoms with Crippen molar-refractivity contribution in [1.29, 1.82) is 0 Å². The number of hydrogen-bond donors (Lipinski definition) is 1. The number of thiophene rings is 1. The van der Waals surface area contributed by atoms with Crippen molar-refractivity contribution < 1.29 is 14.3 Å². The van der Waals surface area contributed by atoms with Crippen LogP contribution in [0.15, 0.2) is 23.0 Å². The first-order valence-electron chi connectivity index (χ1n) is 5.93. The molecule has 0 radical (unpaired) electrons. The van der Waals surface area contributed by atoms with Crippen molar-refractivity contribution in [2.45, 2.75) is 19.4 Å². The molecular weight excluding hydrogens is 296 g/mol. The van der Waals surface area contributed by atoms with E-state index in [9.17, 15) is 9.59 Å². The fraction of sp³-hybridized carbons (Fsp3) is 0.308. The largest absolute Gasteiger partial charge is 0.469 e. The molecule has 0 saturated carbocycles. The van der Waals surface area contributed by atoms with Gasteiger partial charge in [0.05, 0.1) is 30.8 Å². The van der Waals surface area contributed by atoms with Crippen molar-refractivity contribution in [3.8, 4) is 0 Å². The van der Waals surface area contributed by atoms with E-state index in [4.69, 9.17) is 0 Å². The van der Waals surface area contributed by atoms with Gasteiger partial charge in [-0.15, -0.1) is 22.7 Å². The Bertz CT molecular complexity index is 593. The van der Waals surface area contributed by atoms with Crippen molar-refractivity contribution in [3.05, 3.63) is 38.5 Å². The monoisotopic (exact) mass is 310 g/mol. The zero-order valence-electron chi connectivity index (χ0n) is 11.1. The molecule has 2 heterocycles. The second kappa shape index (κ2) is 6.62. The smallest absolute Gasteiger partial charge is 0.307 e. The average Bonchev–Trinajstić information content (AvgIpc) is 3.08. The number of amides is 1. The Morgan fingerprint density at radius 2 is 2.25 bits per heavy atom. The highest BCUT2D eigenvalue weighted by Crippen LogP contribution is 2.23. The van der Waals surface area contributed by atoms with Crippen molar-refractivity contribution in [1.82, 2.24) is 10.3 Å². The topological polar surface area (TPSA) is 68.3 Å². The molecule has 0 aliphatic heterocycles. The number of nitrogens with one attached hydrogen (secondary N) is 1. The maximum atomic E-state index is 12.2. The zero-order valence-corrected chi connectivity index (χ0v) is 12.7. The fourth-order valence-corrected chi connectivity index (χ4v) is 3.19. The third-order valence-corrected chi connectivity index (χ3v) is 4.66. The normalized spacial score (nSPS) is 11.9. The molecule has 0 aliphatic carbocycles. The molecule has 0 bridgehead atoms. The van der Waals surface area contributed by atoms with Gasteiger partial charge < -0.3 is 10.1 Å². The van der Waals surface area contributed by atoms with E-state index in [0.717, 1.165) is 4.88 Å². The highest BCUT2D eigenvalue weighted by molar-refractivity contribution is 7.12. The molecule has 1 atom stereocenters. The van der Waals surface area contributed by atoms with E-state index in [2.05, 4.69) is 15.0 Å². The van der Waals surface area contributed by atoms with Gasteiger partial charge >= 0.3 is 5.97 Å². The van der Waals surface area contributed by atoms with Crippen LogP contribution in [0.2, 0.25) is 0 Å². The highest BCUT2D eigenvalue weighted by atomic mass is 32.1. The van der Waals surface area contributed by atoms with E-state index in [0.29, 0.717) is 10.6 Å². The van der Waals surface area contributed by atoms with E-state index in [1.165, 1.54) is 29.8 Å². The summed E-state index contributed by atoms with van der Waals surface area (Å²) in [6.45, 7) is 1.78. The van der Waals surface area contributed by atoms with Gasteiger partial charge in [-0.2, -0.15) is 0 Å². The van der Waals surface area contributed by atoms with E-state index in [-0.39, 0.29) is 24.3 Å². The van der Waals surface area contributed by atoms with Gasteiger partial charge in [0.15, 0.2) is 0 Å². The molecule has 2 aromatic rings. The van der Waals surface area contributed by atoms with Crippen LogP contribution in [-0.2, 0) is 9.53 Å². The van der Waals surface area contributed by atoms with Gasteiger partial charge in [-0.05, 0) is 18.4 Å². The summed E-state index contributed by atoms with van der Waals surface area (Å²) >= 11 is 2.78. The lowest BCUT2D eigenvalue weighted by molar-refractivity contribution is -0.141. The molecule has 2 aromatic heterocycles. The molecule has 106 valence electrons. The summed E-state index contributed by atoms with van der Waals surface area (Å²) < 4.78 is 4.68. The molecule has 2 rings (SSSR count). The van der Waals surface area contributed by atoms with Gasteiger partial charge in [0.2, 0.25) is 0 Å². The highest BCUT2D eigenvalue weighted by Gasteiger charge is 2.22. The van der Waals surface area contributed by atoms with Crippen LogP contribution in [-0.4, -0.2) is 24.0 Å². The second-order valence-corrected chi connectivity index (χ2v) is 5.92. The summed E-state index contributed by atoms with van der Waals surface area (Å²) in [5.41, 5.74) is 2.32. The summed E-state index contributed by atoms with van der Waals surface area (Å²) in [6.07, 6.45) is 0.112. The Labute approximate surface area is 124 Å². The summed E-state index contributed by atoms with van der Waals surface area (Å²) in [6, 6.07) is 3.39. The summed E-state index contributed by atoms with van der Waals surface area (Å²) in [4.78, 5) is 29.2. The van der Waals surface area contributed by atoms with E-state index in [1.54, 1.807) is 12.4 Å². The Morgan fingerprint density at radius 1 is 1.45 bits per heavy atom. The molecule has 20 heavy (non-hydrogen) atoms. The van der Waals surface area contributed by atoms with Crippen molar-refractivity contribution in [3.63, 3.8) is 0 Å². The van der Waals surface area contributed by atoms with Crippen LogP contribution in [0.1, 0.15) is 32.7 Å². The first-order chi connectivity index (χ1) is 9.61. The summed E-state index contributed by atoms with van der Waals surface area (Å²) in [5.74, 6) is -0.572. The molecule has 0 saturated heterocycles. The predicted molar refractivity (Wildman–Crippen MR) is 78.0 cm³/mol. The molecule has 0 spiro atoms. The number of ether oxygens (including phenoxy) is 1. The predicted octanol–water partition coefficient (Wildman–Crippen LogP) is 2.55.